The fraction of sp³-hybridized carbons (Fsp3) is 0.273. The summed E-state index contributed by atoms with van der Waals surface area (Å²) < 4.78 is 25.9. The van der Waals surface area contributed by atoms with Gasteiger partial charge in [-0.25, -0.2) is 8.42 Å². The Bertz CT molecular complexity index is 539. The number of aryl methyl sites for hydroxylation is 1. The van der Waals surface area contributed by atoms with Crippen molar-refractivity contribution in [3.8, 4) is 11.8 Å². The first kappa shape index (κ1) is 12.6. The standard InChI is InChI=1S/C11H14N2O2S/c1-3-4-7-13-16(14,15)11-6-5-9(2)8-10(11)12/h5-6,8,13H,7,12H2,1-2H3. The predicted molar refractivity (Wildman–Crippen MR) is 64.2 cm³/mol. The van der Waals surface area contributed by atoms with Crippen LogP contribution >= 0.6 is 0 Å². The van der Waals surface area contributed by atoms with Gasteiger partial charge < -0.3 is 5.73 Å². The van der Waals surface area contributed by atoms with Gasteiger partial charge in [-0.3, -0.25) is 0 Å². The Morgan fingerprint density at radius 2 is 2.12 bits per heavy atom. The van der Waals surface area contributed by atoms with E-state index < -0.39 is 10.0 Å². The quantitative estimate of drug-likeness (QED) is 0.606. The van der Waals surface area contributed by atoms with E-state index in [1.807, 2.05) is 6.92 Å². The van der Waals surface area contributed by atoms with Crippen LogP contribution in [-0.2, 0) is 10.0 Å². The first-order valence-corrected chi connectivity index (χ1v) is 6.21. The summed E-state index contributed by atoms with van der Waals surface area (Å²) in [6, 6.07) is 4.82. The number of sulfonamides is 1. The molecule has 0 amide bonds. The van der Waals surface area contributed by atoms with Crippen LogP contribution < -0.4 is 10.5 Å². The molecule has 0 saturated heterocycles. The molecule has 86 valence electrons. The molecule has 0 saturated carbocycles. The first-order chi connectivity index (χ1) is 7.47. The topological polar surface area (TPSA) is 72.2 Å². The van der Waals surface area contributed by atoms with Crippen molar-refractivity contribution in [2.45, 2.75) is 18.7 Å². The number of benzene rings is 1. The summed E-state index contributed by atoms with van der Waals surface area (Å²) in [7, 11) is -3.56. The second-order valence-electron chi connectivity index (χ2n) is 3.29. The van der Waals surface area contributed by atoms with Gasteiger partial charge in [0.05, 0.1) is 12.2 Å². The zero-order valence-corrected chi connectivity index (χ0v) is 10.1. The van der Waals surface area contributed by atoms with Gasteiger partial charge in [-0.1, -0.05) is 12.0 Å². The maximum absolute atomic E-state index is 11.8. The van der Waals surface area contributed by atoms with Crippen LogP contribution in [0.5, 0.6) is 0 Å². The monoisotopic (exact) mass is 238 g/mol. The Balaban J connectivity index is 3.01. The third-order valence-electron chi connectivity index (χ3n) is 1.98. The van der Waals surface area contributed by atoms with Gasteiger partial charge in [-0.2, -0.15) is 4.72 Å². The third kappa shape index (κ3) is 2.99. The van der Waals surface area contributed by atoms with Crippen molar-refractivity contribution in [1.29, 1.82) is 0 Å². The van der Waals surface area contributed by atoms with Gasteiger partial charge in [0.1, 0.15) is 4.90 Å². The highest BCUT2D eigenvalue weighted by atomic mass is 32.2. The van der Waals surface area contributed by atoms with Gasteiger partial charge in [0, 0.05) is 0 Å². The molecular weight excluding hydrogens is 224 g/mol. The second kappa shape index (κ2) is 5.01. The van der Waals surface area contributed by atoms with Crippen molar-refractivity contribution in [3.63, 3.8) is 0 Å². The average molecular weight is 238 g/mol. The molecular formula is C11H14N2O2S. The van der Waals surface area contributed by atoms with Gasteiger partial charge in [0.2, 0.25) is 10.0 Å². The van der Waals surface area contributed by atoms with Crippen molar-refractivity contribution in [2.24, 2.45) is 0 Å². The molecule has 5 heteroatoms. The lowest BCUT2D eigenvalue weighted by Crippen LogP contribution is -2.24. The molecule has 1 aromatic carbocycles. The lowest BCUT2D eigenvalue weighted by atomic mass is 10.2. The lowest BCUT2D eigenvalue weighted by Gasteiger charge is -2.07. The van der Waals surface area contributed by atoms with E-state index in [-0.39, 0.29) is 17.1 Å². The van der Waals surface area contributed by atoms with Crippen LogP contribution in [0, 0.1) is 18.8 Å². The minimum atomic E-state index is -3.56. The van der Waals surface area contributed by atoms with E-state index in [4.69, 9.17) is 5.73 Å². The van der Waals surface area contributed by atoms with E-state index in [1.165, 1.54) is 6.07 Å². The molecule has 16 heavy (non-hydrogen) atoms. The summed E-state index contributed by atoms with van der Waals surface area (Å²) in [4.78, 5) is 0.0935. The summed E-state index contributed by atoms with van der Waals surface area (Å²) in [5.74, 6) is 5.23. The molecule has 1 aromatic rings. The van der Waals surface area contributed by atoms with Crippen molar-refractivity contribution in [1.82, 2.24) is 4.72 Å². The van der Waals surface area contributed by atoms with Crippen molar-refractivity contribution in [2.75, 3.05) is 12.3 Å². The molecule has 3 N–H and O–H groups in total. The highest BCUT2D eigenvalue weighted by molar-refractivity contribution is 7.89. The number of hydrogen-bond acceptors (Lipinski definition) is 3. The van der Waals surface area contributed by atoms with Gasteiger partial charge in [-0.15, -0.1) is 5.92 Å². The van der Waals surface area contributed by atoms with E-state index in [0.29, 0.717) is 0 Å². The van der Waals surface area contributed by atoms with E-state index in [9.17, 15) is 8.42 Å². The van der Waals surface area contributed by atoms with Crippen molar-refractivity contribution < 1.29 is 8.42 Å². The maximum atomic E-state index is 11.8. The van der Waals surface area contributed by atoms with Crippen LogP contribution in [0.2, 0.25) is 0 Å². The number of rotatable bonds is 3. The lowest BCUT2D eigenvalue weighted by molar-refractivity contribution is 0.586. The van der Waals surface area contributed by atoms with Crippen LogP contribution in [0.15, 0.2) is 23.1 Å². The Morgan fingerprint density at radius 3 is 2.69 bits per heavy atom. The highest BCUT2D eigenvalue weighted by Crippen LogP contribution is 2.18. The number of nitrogens with one attached hydrogen (secondary N) is 1. The number of hydrogen-bond donors (Lipinski definition) is 2. The molecule has 0 heterocycles. The summed E-state index contributed by atoms with van der Waals surface area (Å²) in [6.45, 7) is 3.59. The van der Waals surface area contributed by atoms with E-state index >= 15 is 0 Å². The van der Waals surface area contributed by atoms with E-state index in [2.05, 4.69) is 16.6 Å². The van der Waals surface area contributed by atoms with Crippen molar-refractivity contribution >= 4 is 15.7 Å². The van der Waals surface area contributed by atoms with E-state index in [0.717, 1.165) is 5.56 Å². The van der Waals surface area contributed by atoms with Crippen molar-refractivity contribution in [3.05, 3.63) is 23.8 Å². The Labute approximate surface area is 95.9 Å². The summed E-state index contributed by atoms with van der Waals surface area (Å²) in [6.07, 6.45) is 0. The fourth-order valence-electron chi connectivity index (χ4n) is 1.21. The largest absolute Gasteiger partial charge is 0.398 e. The molecule has 0 spiro atoms. The zero-order valence-electron chi connectivity index (χ0n) is 9.24. The summed E-state index contributed by atoms with van der Waals surface area (Å²) >= 11 is 0. The third-order valence-corrected chi connectivity index (χ3v) is 3.46. The van der Waals surface area contributed by atoms with Gasteiger partial charge in [0.25, 0.3) is 0 Å². The van der Waals surface area contributed by atoms with Crippen LogP contribution in [-0.4, -0.2) is 15.0 Å². The van der Waals surface area contributed by atoms with Gasteiger partial charge in [0.15, 0.2) is 0 Å². The molecule has 0 aliphatic heterocycles. The Kier molecular flexibility index (Phi) is 3.93. The number of nitrogen functional groups attached to an aromatic ring is 1. The molecule has 0 aliphatic rings. The van der Waals surface area contributed by atoms with Gasteiger partial charge >= 0.3 is 0 Å². The molecule has 0 fully saturated rings. The summed E-state index contributed by atoms with van der Waals surface area (Å²) in [5.41, 5.74) is 6.82. The zero-order chi connectivity index (χ0) is 12.2. The molecule has 0 atom stereocenters. The molecule has 1 rings (SSSR count). The van der Waals surface area contributed by atoms with E-state index in [1.54, 1.807) is 19.1 Å². The molecule has 0 aliphatic carbocycles. The minimum absolute atomic E-state index is 0.0894. The molecule has 0 bridgehead atoms. The SMILES string of the molecule is CC#CCNS(=O)(=O)c1ccc(C)cc1N. The smallest absolute Gasteiger partial charge is 0.243 e. The molecule has 4 nitrogen and oxygen atoms in total. The first-order valence-electron chi connectivity index (χ1n) is 4.73. The Morgan fingerprint density at radius 1 is 1.44 bits per heavy atom. The maximum Gasteiger partial charge on any atom is 0.243 e. The normalized spacial score (nSPS) is 10.6. The van der Waals surface area contributed by atoms with Crippen LogP contribution in [0.3, 0.4) is 0 Å². The van der Waals surface area contributed by atoms with Gasteiger partial charge in [-0.05, 0) is 31.5 Å². The van der Waals surface area contributed by atoms with Crippen LogP contribution in [0.25, 0.3) is 0 Å². The second-order valence-corrected chi connectivity index (χ2v) is 5.03. The molecule has 0 unspecified atom stereocenters. The number of nitrogens with two attached hydrogens (primary N) is 1. The minimum Gasteiger partial charge on any atom is -0.398 e. The molecule has 0 radical (unpaired) electrons. The average Bonchev–Trinajstić information content (AvgIpc) is 2.17. The van der Waals surface area contributed by atoms with Crippen LogP contribution in [0.4, 0.5) is 5.69 Å². The Hall–Kier alpha value is -1.51. The molecule has 0 aromatic heterocycles. The van der Waals surface area contributed by atoms with Crippen LogP contribution in [0.1, 0.15) is 12.5 Å². The summed E-state index contributed by atoms with van der Waals surface area (Å²) in [5, 5.41) is 0. The highest BCUT2D eigenvalue weighted by Gasteiger charge is 2.15. The number of anilines is 1. The fourth-order valence-corrected chi connectivity index (χ4v) is 2.24. The predicted octanol–water partition coefficient (Wildman–Crippen LogP) is 0.879.